The molecule has 0 spiro atoms. The number of nitrogens with zero attached hydrogens (tertiary/aromatic N) is 1. The number of nitrogens with two attached hydrogens (primary N) is 1. The van der Waals surface area contributed by atoms with Gasteiger partial charge in [-0.3, -0.25) is 10.1 Å². The minimum absolute atomic E-state index is 0.136. The highest BCUT2D eigenvalue weighted by Gasteiger charge is 2.29. The highest BCUT2D eigenvalue weighted by atomic mass is 32.2. The van der Waals surface area contributed by atoms with E-state index < -0.39 is 14.9 Å². The van der Waals surface area contributed by atoms with Crippen molar-refractivity contribution in [2.75, 3.05) is 12.3 Å². The summed E-state index contributed by atoms with van der Waals surface area (Å²) < 4.78 is 27.5. The van der Waals surface area contributed by atoms with Gasteiger partial charge in [-0.1, -0.05) is 24.3 Å². The number of benzene rings is 2. The van der Waals surface area contributed by atoms with Crippen molar-refractivity contribution < 1.29 is 13.3 Å². The first-order chi connectivity index (χ1) is 11.2. The van der Waals surface area contributed by atoms with Crippen molar-refractivity contribution in [1.29, 1.82) is 0 Å². The van der Waals surface area contributed by atoms with Crippen molar-refractivity contribution in [3.63, 3.8) is 0 Å². The molecule has 24 heavy (non-hydrogen) atoms. The lowest BCUT2D eigenvalue weighted by atomic mass is 10.1. The topological polar surface area (TPSA) is 115 Å². The highest BCUT2D eigenvalue weighted by Crippen LogP contribution is 2.30. The predicted molar refractivity (Wildman–Crippen MR) is 92.3 cm³/mol. The summed E-state index contributed by atoms with van der Waals surface area (Å²) >= 11 is 0. The molecule has 0 radical (unpaired) electrons. The molecular formula is C16H19N3O4S. The fourth-order valence-electron chi connectivity index (χ4n) is 2.42. The highest BCUT2D eigenvalue weighted by molar-refractivity contribution is 7.89. The van der Waals surface area contributed by atoms with Crippen LogP contribution in [0.25, 0.3) is 0 Å². The minimum Gasteiger partial charge on any atom is -0.399 e. The summed E-state index contributed by atoms with van der Waals surface area (Å²) in [6.07, 6.45) is 0.457. The van der Waals surface area contributed by atoms with E-state index in [1.165, 1.54) is 6.92 Å². The van der Waals surface area contributed by atoms with E-state index in [0.29, 0.717) is 23.2 Å². The van der Waals surface area contributed by atoms with Gasteiger partial charge in [0.2, 0.25) is 10.0 Å². The molecule has 0 aliphatic heterocycles. The van der Waals surface area contributed by atoms with Gasteiger partial charge in [-0.15, -0.1) is 0 Å². The van der Waals surface area contributed by atoms with E-state index in [4.69, 9.17) is 5.73 Å². The van der Waals surface area contributed by atoms with E-state index in [1.54, 1.807) is 31.2 Å². The summed E-state index contributed by atoms with van der Waals surface area (Å²) in [5.41, 5.74) is 7.42. The third-order valence-corrected chi connectivity index (χ3v) is 5.30. The molecule has 0 heterocycles. The maximum atomic E-state index is 12.5. The first-order valence-corrected chi connectivity index (χ1v) is 8.79. The summed E-state index contributed by atoms with van der Waals surface area (Å²) in [5.74, 6) is 0. The van der Waals surface area contributed by atoms with Crippen LogP contribution in [0.1, 0.15) is 16.7 Å². The zero-order valence-corrected chi connectivity index (χ0v) is 14.3. The quantitative estimate of drug-likeness (QED) is 0.472. The second kappa shape index (κ2) is 6.98. The molecule has 0 saturated heterocycles. The molecule has 0 bridgehead atoms. The van der Waals surface area contributed by atoms with Crippen molar-refractivity contribution in [2.24, 2.45) is 0 Å². The van der Waals surface area contributed by atoms with Gasteiger partial charge in [0.1, 0.15) is 0 Å². The van der Waals surface area contributed by atoms with Gasteiger partial charge < -0.3 is 5.73 Å². The van der Waals surface area contributed by atoms with Gasteiger partial charge in [0.05, 0.1) is 4.92 Å². The third-order valence-electron chi connectivity index (χ3n) is 3.67. The van der Waals surface area contributed by atoms with Crippen molar-refractivity contribution in [3.8, 4) is 0 Å². The van der Waals surface area contributed by atoms with E-state index in [9.17, 15) is 18.5 Å². The number of nitro benzene ring substituents is 1. The van der Waals surface area contributed by atoms with Crippen molar-refractivity contribution in [3.05, 3.63) is 63.2 Å². The third kappa shape index (κ3) is 3.90. The van der Waals surface area contributed by atoms with Crippen LogP contribution < -0.4 is 10.5 Å². The number of nitro groups is 1. The van der Waals surface area contributed by atoms with Gasteiger partial charge in [0, 0.05) is 17.8 Å². The van der Waals surface area contributed by atoms with Crippen molar-refractivity contribution >= 4 is 21.4 Å². The minimum atomic E-state index is -3.98. The summed E-state index contributed by atoms with van der Waals surface area (Å²) in [5, 5.41) is 11.3. The van der Waals surface area contributed by atoms with Gasteiger partial charge in [-0.05, 0) is 43.5 Å². The number of nitrogens with one attached hydrogen (secondary N) is 1. The smallest absolute Gasteiger partial charge is 0.292 e. The maximum absolute atomic E-state index is 12.5. The standard InChI is InChI=1S/C16H19N3O4S/c1-11-3-4-12(2)16(15(11)19(20)21)24(22,23)18-10-9-13-5-7-14(17)8-6-13/h3-8,18H,9-10,17H2,1-2H3. The first-order valence-electron chi connectivity index (χ1n) is 7.31. The van der Waals surface area contributed by atoms with Gasteiger partial charge in [0.15, 0.2) is 4.90 Å². The SMILES string of the molecule is Cc1ccc(C)c(S(=O)(=O)NCCc2ccc(N)cc2)c1[N+](=O)[O-]. The normalized spacial score (nSPS) is 11.4. The van der Waals surface area contributed by atoms with Gasteiger partial charge >= 0.3 is 0 Å². The Labute approximate surface area is 140 Å². The number of sulfonamides is 1. The van der Waals surface area contributed by atoms with Crippen LogP contribution in [-0.4, -0.2) is 19.9 Å². The zero-order chi connectivity index (χ0) is 17.9. The second-order valence-electron chi connectivity index (χ2n) is 5.52. The van der Waals surface area contributed by atoms with E-state index in [2.05, 4.69) is 4.72 Å². The molecule has 2 rings (SSSR count). The largest absolute Gasteiger partial charge is 0.399 e. The summed E-state index contributed by atoms with van der Waals surface area (Å²) in [6.45, 7) is 3.20. The summed E-state index contributed by atoms with van der Waals surface area (Å²) in [4.78, 5) is 10.3. The summed E-state index contributed by atoms with van der Waals surface area (Å²) in [7, 11) is -3.98. The van der Waals surface area contributed by atoms with Crippen LogP contribution in [0.5, 0.6) is 0 Å². The Balaban J connectivity index is 2.23. The summed E-state index contributed by atoms with van der Waals surface area (Å²) in [6, 6.07) is 10.2. The van der Waals surface area contributed by atoms with Gasteiger partial charge in [0.25, 0.3) is 5.69 Å². The predicted octanol–water partition coefficient (Wildman–Crippen LogP) is 2.31. The average molecular weight is 349 g/mol. The molecule has 128 valence electrons. The maximum Gasteiger partial charge on any atom is 0.292 e. The Bertz CT molecular complexity index is 862. The van der Waals surface area contributed by atoms with Gasteiger partial charge in [-0.25, -0.2) is 13.1 Å². The average Bonchev–Trinajstić information content (AvgIpc) is 2.50. The lowest BCUT2D eigenvalue weighted by molar-refractivity contribution is -0.388. The molecule has 0 atom stereocenters. The molecule has 2 aromatic carbocycles. The molecule has 0 aliphatic carbocycles. The fraction of sp³-hybridized carbons (Fsp3) is 0.250. The second-order valence-corrected chi connectivity index (χ2v) is 7.23. The van der Waals surface area contributed by atoms with Crippen LogP contribution in [0.3, 0.4) is 0 Å². The van der Waals surface area contributed by atoms with Crippen LogP contribution in [0.2, 0.25) is 0 Å². The number of aryl methyl sites for hydroxylation is 2. The number of hydrogen-bond acceptors (Lipinski definition) is 5. The molecule has 8 heteroatoms. The molecule has 0 amide bonds. The van der Waals surface area contributed by atoms with Crippen LogP contribution >= 0.6 is 0 Å². The molecule has 7 nitrogen and oxygen atoms in total. The molecule has 2 aromatic rings. The first kappa shape index (κ1) is 17.9. The molecule has 0 fully saturated rings. The Morgan fingerprint density at radius 2 is 1.67 bits per heavy atom. The molecule has 0 aromatic heterocycles. The monoisotopic (exact) mass is 349 g/mol. The van der Waals surface area contributed by atoms with E-state index in [0.717, 1.165) is 5.56 Å². The van der Waals surface area contributed by atoms with Crippen LogP contribution in [0.4, 0.5) is 11.4 Å². The number of nitrogen functional groups attached to an aromatic ring is 1. The Morgan fingerprint density at radius 1 is 1.08 bits per heavy atom. The van der Waals surface area contributed by atoms with Crippen LogP contribution in [0.15, 0.2) is 41.3 Å². The van der Waals surface area contributed by atoms with Crippen molar-refractivity contribution in [2.45, 2.75) is 25.2 Å². The fourth-order valence-corrected chi connectivity index (χ4v) is 3.92. The molecule has 0 aliphatic rings. The van der Waals surface area contributed by atoms with E-state index in [1.807, 2.05) is 12.1 Å². The number of rotatable bonds is 6. The van der Waals surface area contributed by atoms with Crippen molar-refractivity contribution in [1.82, 2.24) is 4.72 Å². The Morgan fingerprint density at radius 3 is 2.25 bits per heavy atom. The molecule has 0 saturated carbocycles. The van der Waals surface area contributed by atoms with Gasteiger partial charge in [-0.2, -0.15) is 0 Å². The van der Waals surface area contributed by atoms with Crippen LogP contribution in [0, 0.1) is 24.0 Å². The zero-order valence-electron chi connectivity index (χ0n) is 13.4. The molecule has 3 N–H and O–H groups in total. The van der Waals surface area contributed by atoms with Crippen LogP contribution in [-0.2, 0) is 16.4 Å². The lowest BCUT2D eigenvalue weighted by Crippen LogP contribution is -2.27. The van der Waals surface area contributed by atoms with E-state index in [-0.39, 0.29) is 17.1 Å². The Hall–Kier alpha value is -2.45. The number of hydrogen-bond donors (Lipinski definition) is 2. The van der Waals surface area contributed by atoms with E-state index >= 15 is 0 Å². The Kier molecular flexibility index (Phi) is 5.20. The lowest BCUT2D eigenvalue weighted by Gasteiger charge is -2.11. The number of anilines is 1. The molecule has 0 unspecified atom stereocenters. The molecular weight excluding hydrogens is 330 g/mol.